The number of amides is 1. The molecule has 1 aromatic heterocycles. The molecular weight excluding hydrogens is 352 g/mol. The summed E-state index contributed by atoms with van der Waals surface area (Å²) in [6, 6.07) is 7.98. The lowest BCUT2D eigenvalue weighted by atomic mass is 10.2. The highest BCUT2D eigenvalue weighted by Gasteiger charge is 2.21. The van der Waals surface area contributed by atoms with Crippen molar-refractivity contribution in [3.63, 3.8) is 0 Å². The van der Waals surface area contributed by atoms with Crippen LogP contribution < -0.4 is 10.5 Å². The zero-order valence-corrected chi connectivity index (χ0v) is 15.7. The molecule has 7 nitrogen and oxygen atoms in total. The Hall–Kier alpha value is -2.06. The maximum atomic E-state index is 11.1. The number of carbonyl (C=O) groups excluding carboxylic acids is 1. The van der Waals surface area contributed by atoms with Crippen LogP contribution in [0.25, 0.3) is 0 Å². The van der Waals surface area contributed by atoms with Crippen LogP contribution in [0.5, 0.6) is 5.75 Å². The Bertz CT molecular complexity index is 744. The Balaban J connectivity index is 1.72. The highest BCUT2D eigenvalue weighted by molar-refractivity contribution is 7.98. The number of thioether (sulfide) groups is 1. The van der Waals surface area contributed by atoms with Crippen LogP contribution in [0.4, 0.5) is 0 Å². The molecule has 0 bridgehead atoms. The average Bonchev–Trinajstić information content (AvgIpc) is 3.29. The van der Waals surface area contributed by atoms with E-state index in [0.717, 1.165) is 47.5 Å². The van der Waals surface area contributed by atoms with E-state index in [1.807, 2.05) is 18.2 Å². The zero-order valence-electron chi connectivity index (χ0n) is 14.9. The van der Waals surface area contributed by atoms with Gasteiger partial charge in [0.2, 0.25) is 5.91 Å². The van der Waals surface area contributed by atoms with Crippen LogP contribution in [-0.4, -0.2) is 40.5 Å². The van der Waals surface area contributed by atoms with Gasteiger partial charge in [0.1, 0.15) is 11.6 Å². The Kier molecular flexibility index (Phi) is 6.51. The molecule has 140 valence electrons. The molecule has 1 aromatic carbocycles. The Morgan fingerprint density at radius 1 is 1.46 bits per heavy atom. The van der Waals surface area contributed by atoms with E-state index in [0.29, 0.717) is 13.0 Å². The lowest BCUT2D eigenvalue weighted by Gasteiger charge is -2.14. The van der Waals surface area contributed by atoms with Gasteiger partial charge in [-0.15, -0.1) is 10.2 Å². The highest BCUT2D eigenvalue weighted by atomic mass is 32.2. The summed E-state index contributed by atoms with van der Waals surface area (Å²) >= 11 is 1.62. The molecule has 0 aliphatic carbocycles. The van der Waals surface area contributed by atoms with Crippen LogP contribution in [0, 0.1) is 0 Å². The second kappa shape index (κ2) is 9.05. The van der Waals surface area contributed by atoms with Gasteiger partial charge in [-0.25, -0.2) is 0 Å². The van der Waals surface area contributed by atoms with Gasteiger partial charge in [0, 0.05) is 25.2 Å². The quantitative estimate of drug-likeness (QED) is 0.675. The number of methoxy groups -OCH3 is 1. The second-order valence-corrected chi connectivity index (χ2v) is 7.19. The van der Waals surface area contributed by atoms with Crippen LogP contribution in [0.15, 0.2) is 29.4 Å². The summed E-state index contributed by atoms with van der Waals surface area (Å²) in [4.78, 5) is 11.1. The van der Waals surface area contributed by atoms with Crippen LogP contribution in [0.3, 0.4) is 0 Å². The molecule has 0 saturated carbocycles. The van der Waals surface area contributed by atoms with Gasteiger partial charge in [-0.2, -0.15) is 0 Å². The van der Waals surface area contributed by atoms with E-state index in [9.17, 15) is 4.79 Å². The molecule has 2 heterocycles. The molecule has 2 aromatic rings. The van der Waals surface area contributed by atoms with Crippen LogP contribution in [-0.2, 0) is 28.2 Å². The normalized spacial score (nSPS) is 16.7. The monoisotopic (exact) mass is 376 g/mol. The van der Waals surface area contributed by atoms with E-state index in [1.54, 1.807) is 18.9 Å². The van der Waals surface area contributed by atoms with Gasteiger partial charge in [-0.05, 0) is 30.5 Å². The van der Waals surface area contributed by atoms with Crippen molar-refractivity contribution in [3.8, 4) is 5.75 Å². The number of primary amides is 1. The SMILES string of the molecule is COc1cccc(CSc2nnc(CCC(N)=O)n2C[C@@H]2CCCO2)c1. The largest absolute Gasteiger partial charge is 0.497 e. The first kappa shape index (κ1) is 18.7. The van der Waals surface area contributed by atoms with Gasteiger partial charge in [0.05, 0.1) is 19.8 Å². The third-order valence-electron chi connectivity index (χ3n) is 4.30. The molecule has 1 atom stereocenters. The van der Waals surface area contributed by atoms with Crippen molar-refractivity contribution >= 4 is 17.7 Å². The maximum absolute atomic E-state index is 11.1. The van der Waals surface area contributed by atoms with E-state index in [4.69, 9.17) is 15.2 Å². The topological polar surface area (TPSA) is 92.3 Å². The molecule has 3 rings (SSSR count). The molecule has 1 saturated heterocycles. The van der Waals surface area contributed by atoms with Crippen molar-refractivity contribution in [2.45, 2.75) is 49.2 Å². The molecule has 26 heavy (non-hydrogen) atoms. The predicted octanol–water partition coefficient (Wildman–Crippen LogP) is 2.18. The van der Waals surface area contributed by atoms with Gasteiger partial charge >= 0.3 is 0 Å². The minimum absolute atomic E-state index is 0.175. The molecule has 2 N–H and O–H groups in total. The third kappa shape index (κ3) is 4.98. The van der Waals surface area contributed by atoms with Crippen molar-refractivity contribution < 1.29 is 14.3 Å². The Labute approximate surface area is 157 Å². The van der Waals surface area contributed by atoms with Crippen molar-refractivity contribution in [3.05, 3.63) is 35.7 Å². The number of rotatable bonds is 9. The molecule has 1 fully saturated rings. The van der Waals surface area contributed by atoms with Gasteiger partial charge in [0.15, 0.2) is 5.16 Å². The summed E-state index contributed by atoms with van der Waals surface area (Å²) in [7, 11) is 1.66. The molecule has 1 aliphatic rings. The molecule has 0 unspecified atom stereocenters. The van der Waals surface area contributed by atoms with E-state index in [2.05, 4.69) is 20.8 Å². The molecule has 0 spiro atoms. The molecular formula is C18H24N4O3S. The van der Waals surface area contributed by atoms with Crippen LogP contribution in [0.1, 0.15) is 30.7 Å². The maximum Gasteiger partial charge on any atom is 0.217 e. The van der Waals surface area contributed by atoms with Crippen molar-refractivity contribution in [2.24, 2.45) is 5.73 Å². The summed E-state index contributed by atoms with van der Waals surface area (Å²) < 4.78 is 13.1. The first-order valence-corrected chi connectivity index (χ1v) is 9.72. The third-order valence-corrected chi connectivity index (χ3v) is 5.34. The van der Waals surface area contributed by atoms with Gasteiger partial charge in [0.25, 0.3) is 0 Å². The molecule has 0 radical (unpaired) electrons. The Morgan fingerprint density at radius 2 is 2.35 bits per heavy atom. The summed E-state index contributed by atoms with van der Waals surface area (Å²) in [5.41, 5.74) is 6.44. The number of carbonyl (C=O) groups is 1. The highest BCUT2D eigenvalue weighted by Crippen LogP contribution is 2.26. The summed E-state index contributed by atoms with van der Waals surface area (Å²) in [6.07, 6.45) is 3.05. The predicted molar refractivity (Wildman–Crippen MR) is 99.1 cm³/mol. The summed E-state index contributed by atoms with van der Waals surface area (Å²) in [6.45, 7) is 1.51. The van der Waals surface area contributed by atoms with E-state index < -0.39 is 0 Å². The van der Waals surface area contributed by atoms with Crippen LogP contribution >= 0.6 is 11.8 Å². The lowest BCUT2D eigenvalue weighted by molar-refractivity contribution is -0.118. The number of hydrogen-bond donors (Lipinski definition) is 1. The number of nitrogens with two attached hydrogens (primary N) is 1. The van der Waals surface area contributed by atoms with Crippen molar-refractivity contribution in [1.82, 2.24) is 14.8 Å². The number of hydrogen-bond acceptors (Lipinski definition) is 6. The van der Waals surface area contributed by atoms with Crippen molar-refractivity contribution in [2.75, 3.05) is 13.7 Å². The lowest BCUT2D eigenvalue weighted by Crippen LogP contribution is -2.19. The summed E-state index contributed by atoms with van der Waals surface area (Å²) in [5, 5.41) is 9.45. The molecule has 1 aliphatic heterocycles. The summed E-state index contributed by atoms with van der Waals surface area (Å²) in [5.74, 6) is 2.05. The fourth-order valence-electron chi connectivity index (χ4n) is 2.93. The van der Waals surface area contributed by atoms with Gasteiger partial charge in [-0.3, -0.25) is 4.79 Å². The van der Waals surface area contributed by atoms with E-state index in [-0.39, 0.29) is 18.4 Å². The molecule has 8 heteroatoms. The second-order valence-electron chi connectivity index (χ2n) is 6.25. The Morgan fingerprint density at radius 3 is 3.08 bits per heavy atom. The smallest absolute Gasteiger partial charge is 0.217 e. The van der Waals surface area contributed by atoms with E-state index in [1.165, 1.54) is 0 Å². The van der Waals surface area contributed by atoms with E-state index >= 15 is 0 Å². The standard InChI is InChI=1S/C18H24N4O3S/c1-24-14-5-2-4-13(10-14)12-26-18-21-20-17(8-7-16(19)23)22(18)11-15-6-3-9-25-15/h2,4-5,10,15H,3,6-9,11-12H2,1H3,(H2,19,23)/t15-/m0/s1. The fourth-order valence-corrected chi connectivity index (χ4v) is 3.84. The van der Waals surface area contributed by atoms with Crippen molar-refractivity contribution in [1.29, 1.82) is 0 Å². The zero-order chi connectivity index (χ0) is 18.4. The first-order valence-electron chi connectivity index (χ1n) is 8.73. The number of nitrogens with zero attached hydrogens (tertiary/aromatic N) is 3. The van der Waals surface area contributed by atoms with Gasteiger partial charge in [-0.1, -0.05) is 23.9 Å². The number of benzene rings is 1. The number of ether oxygens (including phenoxy) is 2. The number of aromatic nitrogens is 3. The first-order chi connectivity index (χ1) is 12.7. The minimum Gasteiger partial charge on any atom is -0.497 e. The van der Waals surface area contributed by atoms with Gasteiger partial charge < -0.3 is 19.8 Å². The fraction of sp³-hybridized carbons (Fsp3) is 0.500. The minimum atomic E-state index is -0.331. The number of aryl methyl sites for hydroxylation is 1. The molecule has 1 amide bonds. The average molecular weight is 376 g/mol. The van der Waals surface area contributed by atoms with Crippen LogP contribution in [0.2, 0.25) is 0 Å².